The molecule has 0 aliphatic heterocycles. The third-order valence-electron chi connectivity index (χ3n) is 1.99. The van der Waals surface area contributed by atoms with Gasteiger partial charge in [-0.15, -0.1) is 13.2 Å². The third kappa shape index (κ3) is 2.78. The van der Waals surface area contributed by atoms with Crippen molar-refractivity contribution in [2.45, 2.75) is 20.2 Å². The summed E-state index contributed by atoms with van der Waals surface area (Å²) in [6, 6.07) is 3.13. The van der Waals surface area contributed by atoms with Crippen molar-refractivity contribution in [3.05, 3.63) is 23.3 Å². The van der Waals surface area contributed by atoms with Gasteiger partial charge in [0.05, 0.1) is 7.11 Å². The van der Waals surface area contributed by atoms with E-state index in [2.05, 4.69) is 4.74 Å². The van der Waals surface area contributed by atoms with Crippen LogP contribution >= 0.6 is 0 Å². The zero-order chi connectivity index (χ0) is 11.6. The SMILES string of the molecule is COc1ccc(C)c(OC(F)(F)F)c1C. The van der Waals surface area contributed by atoms with Crippen LogP contribution in [0, 0.1) is 13.8 Å². The van der Waals surface area contributed by atoms with Crippen molar-refractivity contribution < 1.29 is 22.6 Å². The third-order valence-corrected chi connectivity index (χ3v) is 1.99. The van der Waals surface area contributed by atoms with Gasteiger partial charge < -0.3 is 9.47 Å². The molecule has 15 heavy (non-hydrogen) atoms. The molecule has 1 aromatic rings. The summed E-state index contributed by atoms with van der Waals surface area (Å²) in [5, 5.41) is 0. The average molecular weight is 220 g/mol. The number of rotatable bonds is 2. The molecule has 0 bridgehead atoms. The molecule has 0 spiro atoms. The Morgan fingerprint density at radius 3 is 2.20 bits per heavy atom. The lowest BCUT2D eigenvalue weighted by molar-refractivity contribution is -0.275. The van der Waals surface area contributed by atoms with Crippen LogP contribution in [0.4, 0.5) is 13.2 Å². The van der Waals surface area contributed by atoms with Crippen LogP contribution in [0.5, 0.6) is 11.5 Å². The Balaban J connectivity index is 3.15. The van der Waals surface area contributed by atoms with Crippen molar-refractivity contribution in [1.82, 2.24) is 0 Å². The molecule has 1 rings (SSSR count). The summed E-state index contributed by atoms with van der Waals surface area (Å²) < 4.78 is 45.1. The van der Waals surface area contributed by atoms with E-state index in [9.17, 15) is 13.2 Å². The number of methoxy groups -OCH3 is 1. The first-order chi connectivity index (χ1) is 6.85. The van der Waals surface area contributed by atoms with E-state index in [0.29, 0.717) is 16.9 Å². The van der Waals surface area contributed by atoms with Gasteiger partial charge in [0.15, 0.2) is 0 Å². The monoisotopic (exact) mass is 220 g/mol. The minimum absolute atomic E-state index is 0.193. The Morgan fingerprint density at radius 2 is 1.73 bits per heavy atom. The number of benzene rings is 1. The smallest absolute Gasteiger partial charge is 0.496 e. The van der Waals surface area contributed by atoms with Gasteiger partial charge >= 0.3 is 6.36 Å². The van der Waals surface area contributed by atoms with E-state index in [4.69, 9.17) is 4.74 Å². The fraction of sp³-hybridized carbons (Fsp3) is 0.400. The number of ether oxygens (including phenoxy) is 2. The molecule has 5 heteroatoms. The number of hydrogen-bond acceptors (Lipinski definition) is 2. The molecule has 2 nitrogen and oxygen atoms in total. The maximum atomic E-state index is 12.1. The van der Waals surface area contributed by atoms with Crippen LogP contribution in [0.25, 0.3) is 0 Å². The van der Waals surface area contributed by atoms with Crippen LogP contribution in [0.2, 0.25) is 0 Å². The summed E-state index contributed by atoms with van der Waals surface area (Å²) in [4.78, 5) is 0. The van der Waals surface area contributed by atoms with Gasteiger partial charge in [-0.25, -0.2) is 0 Å². The molecule has 0 saturated carbocycles. The van der Waals surface area contributed by atoms with Gasteiger partial charge in [0.1, 0.15) is 11.5 Å². The highest BCUT2D eigenvalue weighted by atomic mass is 19.4. The molecule has 0 heterocycles. The Hall–Kier alpha value is -1.39. The molecular formula is C10H11F3O2. The topological polar surface area (TPSA) is 18.5 Å². The second kappa shape index (κ2) is 4.00. The number of alkyl halides is 3. The quantitative estimate of drug-likeness (QED) is 0.761. The van der Waals surface area contributed by atoms with Gasteiger partial charge in [-0.1, -0.05) is 6.07 Å². The van der Waals surface area contributed by atoms with Crippen LogP contribution in [0.1, 0.15) is 11.1 Å². The molecule has 0 aromatic heterocycles. The van der Waals surface area contributed by atoms with Crippen LogP contribution < -0.4 is 9.47 Å². The molecule has 0 aliphatic carbocycles. The molecule has 0 atom stereocenters. The first kappa shape index (κ1) is 11.7. The van der Waals surface area contributed by atoms with Gasteiger partial charge in [0, 0.05) is 5.56 Å². The van der Waals surface area contributed by atoms with Gasteiger partial charge in [0.25, 0.3) is 0 Å². The first-order valence-corrected chi connectivity index (χ1v) is 4.25. The predicted molar refractivity (Wildman–Crippen MR) is 49.2 cm³/mol. The molecule has 1 aromatic carbocycles. The maximum Gasteiger partial charge on any atom is 0.573 e. The average Bonchev–Trinajstić information content (AvgIpc) is 2.11. The molecule has 0 fully saturated rings. The van der Waals surface area contributed by atoms with Gasteiger partial charge in [-0.3, -0.25) is 0 Å². The Labute approximate surface area is 85.6 Å². The van der Waals surface area contributed by atoms with Crippen LogP contribution in [-0.2, 0) is 0 Å². The fourth-order valence-electron chi connectivity index (χ4n) is 1.30. The van der Waals surface area contributed by atoms with Crippen molar-refractivity contribution in [3.63, 3.8) is 0 Å². The standard InChI is InChI=1S/C10H11F3O2/c1-6-4-5-8(14-3)7(2)9(6)15-10(11,12)13/h4-5H,1-3H3. The van der Waals surface area contributed by atoms with E-state index in [0.717, 1.165) is 0 Å². The Kier molecular flexibility index (Phi) is 3.12. The van der Waals surface area contributed by atoms with Crippen LogP contribution in [0.3, 0.4) is 0 Å². The van der Waals surface area contributed by atoms with Crippen LogP contribution in [0.15, 0.2) is 12.1 Å². The van der Waals surface area contributed by atoms with Crippen molar-refractivity contribution in [1.29, 1.82) is 0 Å². The van der Waals surface area contributed by atoms with E-state index in [1.165, 1.54) is 20.1 Å². The number of halogens is 3. The lowest BCUT2D eigenvalue weighted by atomic mass is 10.1. The highest BCUT2D eigenvalue weighted by Crippen LogP contribution is 2.34. The summed E-state index contributed by atoms with van der Waals surface area (Å²) in [6.45, 7) is 3.07. The first-order valence-electron chi connectivity index (χ1n) is 4.25. The molecule has 0 N–H and O–H groups in total. The zero-order valence-electron chi connectivity index (χ0n) is 8.61. The summed E-state index contributed by atoms with van der Waals surface area (Å²) in [5.41, 5.74) is 0.764. The molecule has 0 aliphatic rings. The van der Waals surface area contributed by atoms with Crippen molar-refractivity contribution in [2.75, 3.05) is 7.11 Å². The van der Waals surface area contributed by atoms with E-state index in [1.54, 1.807) is 13.0 Å². The highest BCUT2D eigenvalue weighted by Gasteiger charge is 2.32. The molecule has 0 amide bonds. The molecule has 0 radical (unpaired) electrons. The summed E-state index contributed by atoms with van der Waals surface area (Å²) in [5.74, 6) is 0.182. The molecule has 0 unspecified atom stereocenters. The molecule has 0 saturated heterocycles. The van der Waals surface area contributed by atoms with Crippen LogP contribution in [-0.4, -0.2) is 13.5 Å². The second-order valence-electron chi connectivity index (χ2n) is 3.09. The minimum Gasteiger partial charge on any atom is -0.496 e. The predicted octanol–water partition coefficient (Wildman–Crippen LogP) is 3.21. The number of aryl methyl sites for hydroxylation is 1. The largest absolute Gasteiger partial charge is 0.573 e. The number of hydrogen-bond donors (Lipinski definition) is 0. The van der Waals surface area contributed by atoms with E-state index in [-0.39, 0.29) is 5.75 Å². The summed E-state index contributed by atoms with van der Waals surface area (Å²) in [6.07, 6.45) is -4.68. The highest BCUT2D eigenvalue weighted by molar-refractivity contribution is 5.48. The molecule has 84 valence electrons. The fourth-order valence-corrected chi connectivity index (χ4v) is 1.30. The summed E-state index contributed by atoms with van der Waals surface area (Å²) >= 11 is 0. The zero-order valence-corrected chi connectivity index (χ0v) is 8.61. The summed E-state index contributed by atoms with van der Waals surface area (Å²) in [7, 11) is 1.40. The Morgan fingerprint density at radius 1 is 1.13 bits per heavy atom. The van der Waals surface area contributed by atoms with E-state index >= 15 is 0 Å². The lowest BCUT2D eigenvalue weighted by Crippen LogP contribution is -2.18. The normalized spacial score (nSPS) is 11.3. The van der Waals surface area contributed by atoms with E-state index < -0.39 is 6.36 Å². The van der Waals surface area contributed by atoms with E-state index in [1.807, 2.05) is 0 Å². The lowest BCUT2D eigenvalue weighted by Gasteiger charge is -2.15. The van der Waals surface area contributed by atoms with Gasteiger partial charge in [-0.05, 0) is 25.5 Å². The Bertz CT molecular complexity index is 358. The second-order valence-corrected chi connectivity index (χ2v) is 3.09. The van der Waals surface area contributed by atoms with Crippen molar-refractivity contribution >= 4 is 0 Å². The van der Waals surface area contributed by atoms with Gasteiger partial charge in [0.2, 0.25) is 0 Å². The van der Waals surface area contributed by atoms with Gasteiger partial charge in [-0.2, -0.15) is 0 Å². The maximum absolute atomic E-state index is 12.1. The minimum atomic E-state index is -4.68. The van der Waals surface area contributed by atoms with Crippen molar-refractivity contribution in [3.8, 4) is 11.5 Å². The van der Waals surface area contributed by atoms with Crippen molar-refractivity contribution in [2.24, 2.45) is 0 Å². The molecular weight excluding hydrogens is 209 g/mol.